The molecule has 0 heterocycles. The molecule has 3 nitrogen and oxygen atoms in total. The van der Waals surface area contributed by atoms with Gasteiger partial charge in [-0.1, -0.05) is 42.5 Å². The molecule has 0 aliphatic rings. The minimum Gasteiger partial charge on any atom is -0.312 e. The number of carbonyl (C=O) groups excluding carboxylic acids is 1. The van der Waals surface area contributed by atoms with Crippen LogP contribution in [0.5, 0.6) is 0 Å². The van der Waals surface area contributed by atoms with Gasteiger partial charge in [0, 0.05) is 11.4 Å². The molecule has 0 radical (unpaired) electrons. The Balaban J connectivity index is 2.53. The van der Waals surface area contributed by atoms with Gasteiger partial charge in [-0.2, -0.15) is 0 Å². The second kappa shape index (κ2) is 7.12. The predicted octanol–water partition coefficient (Wildman–Crippen LogP) is 3.84. The molecule has 18 heavy (non-hydrogen) atoms. The monoisotopic (exact) mass is 242 g/mol. The zero-order valence-electron chi connectivity index (χ0n) is 10.7. The van der Waals surface area contributed by atoms with Gasteiger partial charge in [0.25, 0.3) is 0 Å². The first-order chi connectivity index (χ1) is 8.61. The van der Waals surface area contributed by atoms with E-state index < -0.39 is 0 Å². The molecule has 0 unspecified atom stereocenters. The van der Waals surface area contributed by atoms with Crippen molar-refractivity contribution in [1.82, 2.24) is 5.32 Å². The summed E-state index contributed by atoms with van der Waals surface area (Å²) in [4.78, 5) is 11.6. The number of benzene rings is 1. The average Bonchev–Trinajstić information content (AvgIpc) is 2.37. The van der Waals surface area contributed by atoms with Gasteiger partial charge in [-0.25, -0.2) is 4.79 Å². The fourth-order valence-corrected chi connectivity index (χ4v) is 1.23. The Morgan fingerprint density at radius 1 is 1.17 bits per heavy atom. The van der Waals surface area contributed by atoms with Crippen molar-refractivity contribution in [2.45, 2.75) is 13.8 Å². The van der Waals surface area contributed by atoms with Crippen LogP contribution in [0.15, 0.2) is 66.4 Å². The fourth-order valence-electron chi connectivity index (χ4n) is 1.23. The van der Waals surface area contributed by atoms with Gasteiger partial charge in [0.2, 0.25) is 0 Å². The van der Waals surface area contributed by atoms with E-state index in [2.05, 4.69) is 17.2 Å². The highest BCUT2D eigenvalue weighted by atomic mass is 16.2. The fraction of sp³-hybridized carbons (Fsp3) is 0.133. The number of rotatable bonds is 4. The third-order valence-electron chi connectivity index (χ3n) is 2.26. The average molecular weight is 242 g/mol. The normalized spacial score (nSPS) is 11.9. The van der Waals surface area contributed by atoms with Crippen LogP contribution >= 0.6 is 0 Å². The highest BCUT2D eigenvalue weighted by Gasteiger charge is 2.00. The van der Waals surface area contributed by atoms with Gasteiger partial charge in [-0.15, -0.1) is 0 Å². The van der Waals surface area contributed by atoms with Gasteiger partial charge in [0.05, 0.1) is 0 Å². The number of nitrogens with one attached hydrogen (secondary N) is 2. The SMILES string of the molecule is C=C/C(C)=C\C=C(/C)NC(=O)Nc1ccccc1. The van der Waals surface area contributed by atoms with Crippen molar-refractivity contribution in [3.63, 3.8) is 0 Å². The molecular formula is C15H18N2O. The van der Waals surface area contributed by atoms with E-state index in [0.29, 0.717) is 0 Å². The standard InChI is InChI=1S/C15H18N2O/c1-4-12(2)10-11-13(3)16-15(18)17-14-8-6-5-7-9-14/h4-11H,1H2,2-3H3,(H2,16,17,18)/b12-10-,13-11+. The summed E-state index contributed by atoms with van der Waals surface area (Å²) in [5, 5.41) is 5.48. The van der Waals surface area contributed by atoms with E-state index in [1.54, 1.807) is 6.08 Å². The Hall–Kier alpha value is -2.29. The lowest BCUT2D eigenvalue weighted by Crippen LogP contribution is -2.26. The molecule has 0 saturated carbocycles. The van der Waals surface area contributed by atoms with E-state index in [0.717, 1.165) is 17.0 Å². The molecule has 0 spiro atoms. The summed E-state index contributed by atoms with van der Waals surface area (Å²) in [6.45, 7) is 7.43. The van der Waals surface area contributed by atoms with Crippen LogP contribution in [0, 0.1) is 0 Å². The van der Waals surface area contributed by atoms with Gasteiger partial charge in [-0.05, 0) is 32.1 Å². The summed E-state index contributed by atoms with van der Waals surface area (Å²) in [6, 6.07) is 9.06. The molecule has 1 aromatic carbocycles. The van der Waals surface area contributed by atoms with Crippen molar-refractivity contribution in [2.24, 2.45) is 0 Å². The number of carbonyl (C=O) groups is 1. The molecule has 3 heteroatoms. The Labute approximate surface area is 108 Å². The van der Waals surface area contributed by atoms with Gasteiger partial charge >= 0.3 is 6.03 Å². The lowest BCUT2D eigenvalue weighted by Gasteiger charge is -2.07. The zero-order chi connectivity index (χ0) is 13.4. The highest BCUT2D eigenvalue weighted by Crippen LogP contribution is 2.04. The maximum absolute atomic E-state index is 11.6. The first-order valence-corrected chi connectivity index (χ1v) is 5.72. The van der Waals surface area contributed by atoms with Crippen molar-refractivity contribution in [2.75, 3.05) is 5.32 Å². The van der Waals surface area contributed by atoms with Crippen molar-refractivity contribution in [3.05, 3.63) is 66.4 Å². The van der Waals surface area contributed by atoms with Crippen LogP contribution in [-0.4, -0.2) is 6.03 Å². The Bertz CT molecular complexity index is 473. The van der Waals surface area contributed by atoms with Crippen LogP contribution < -0.4 is 10.6 Å². The van der Waals surface area contributed by atoms with E-state index in [1.165, 1.54) is 0 Å². The summed E-state index contributed by atoms with van der Waals surface area (Å²) in [6.07, 6.45) is 5.49. The van der Waals surface area contributed by atoms with Gasteiger partial charge in [-0.3, -0.25) is 0 Å². The molecule has 0 aliphatic heterocycles. The van der Waals surface area contributed by atoms with Crippen molar-refractivity contribution >= 4 is 11.7 Å². The van der Waals surface area contributed by atoms with Crippen LogP contribution in [0.2, 0.25) is 0 Å². The number of hydrogen-bond acceptors (Lipinski definition) is 1. The molecule has 0 aliphatic carbocycles. The van der Waals surface area contributed by atoms with Crippen LogP contribution in [0.4, 0.5) is 10.5 Å². The lowest BCUT2D eigenvalue weighted by molar-refractivity contribution is 0.254. The van der Waals surface area contributed by atoms with Crippen molar-refractivity contribution < 1.29 is 4.79 Å². The topological polar surface area (TPSA) is 41.1 Å². The highest BCUT2D eigenvalue weighted by molar-refractivity contribution is 5.90. The summed E-state index contributed by atoms with van der Waals surface area (Å²) in [5.74, 6) is 0. The summed E-state index contributed by atoms with van der Waals surface area (Å²) >= 11 is 0. The van der Waals surface area contributed by atoms with E-state index >= 15 is 0 Å². The zero-order valence-corrected chi connectivity index (χ0v) is 10.7. The molecule has 0 bridgehead atoms. The third-order valence-corrected chi connectivity index (χ3v) is 2.26. The second-order valence-corrected chi connectivity index (χ2v) is 3.91. The smallest absolute Gasteiger partial charge is 0.312 e. The van der Waals surface area contributed by atoms with Gasteiger partial charge in [0.1, 0.15) is 0 Å². The third kappa shape index (κ3) is 5.16. The molecule has 94 valence electrons. The maximum Gasteiger partial charge on any atom is 0.323 e. The van der Waals surface area contributed by atoms with E-state index in [4.69, 9.17) is 0 Å². The quantitative estimate of drug-likeness (QED) is 0.774. The number of hydrogen-bond donors (Lipinski definition) is 2. The van der Waals surface area contributed by atoms with Gasteiger partial charge in [0.15, 0.2) is 0 Å². The summed E-state index contributed by atoms with van der Waals surface area (Å²) in [5.41, 5.74) is 2.57. The molecule has 0 saturated heterocycles. The molecule has 1 aromatic rings. The lowest BCUT2D eigenvalue weighted by atomic mass is 10.2. The van der Waals surface area contributed by atoms with E-state index in [9.17, 15) is 4.79 Å². The Morgan fingerprint density at radius 3 is 2.44 bits per heavy atom. The molecule has 2 N–H and O–H groups in total. The van der Waals surface area contributed by atoms with E-state index in [1.807, 2.05) is 56.3 Å². The van der Waals surface area contributed by atoms with Gasteiger partial charge < -0.3 is 10.6 Å². The van der Waals surface area contributed by atoms with Crippen LogP contribution in [0.25, 0.3) is 0 Å². The van der Waals surface area contributed by atoms with Crippen LogP contribution in [0.3, 0.4) is 0 Å². The Kier molecular flexibility index (Phi) is 5.45. The number of para-hydroxylation sites is 1. The number of anilines is 1. The predicted molar refractivity (Wildman–Crippen MR) is 76.3 cm³/mol. The van der Waals surface area contributed by atoms with Crippen LogP contribution in [-0.2, 0) is 0 Å². The first kappa shape index (κ1) is 13.8. The maximum atomic E-state index is 11.6. The molecule has 0 aromatic heterocycles. The largest absolute Gasteiger partial charge is 0.323 e. The Morgan fingerprint density at radius 2 is 1.83 bits per heavy atom. The summed E-state index contributed by atoms with van der Waals surface area (Å²) < 4.78 is 0. The van der Waals surface area contributed by atoms with E-state index in [-0.39, 0.29) is 6.03 Å². The minimum atomic E-state index is -0.250. The number of allylic oxidation sites excluding steroid dienone is 5. The molecule has 0 fully saturated rings. The van der Waals surface area contributed by atoms with Crippen molar-refractivity contribution in [1.29, 1.82) is 0 Å². The number of amides is 2. The molecule has 2 amide bonds. The molecular weight excluding hydrogens is 224 g/mol. The van der Waals surface area contributed by atoms with Crippen molar-refractivity contribution in [3.8, 4) is 0 Å². The minimum absolute atomic E-state index is 0.250. The molecule has 1 rings (SSSR count). The second-order valence-electron chi connectivity index (χ2n) is 3.91. The molecule has 0 atom stereocenters. The number of urea groups is 1. The first-order valence-electron chi connectivity index (χ1n) is 5.72. The summed E-state index contributed by atoms with van der Waals surface area (Å²) in [7, 11) is 0. The van der Waals surface area contributed by atoms with Crippen LogP contribution in [0.1, 0.15) is 13.8 Å².